The summed E-state index contributed by atoms with van der Waals surface area (Å²) in [5.41, 5.74) is -0.594. The van der Waals surface area contributed by atoms with Crippen LogP contribution in [0.3, 0.4) is 0 Å². The highest BCUT2D eigenvalue weighted by molar-refractivity contribution is 5.74. The predicted molar refractivity (Wildman–Crippen MR) is 44.6 cm³/mol. The molecular weight excluding hydrogens is 142 g/mol. The summed E-state index contributed by atoms with van der Waals surface area (Å²) in [5, 5.41) is 8.85. The maximum atomic E-state index is 10.8. The van der Waals surface area contributed by atoms with Crippen LogP contribution in [0.2, 0.25) is 0 Å². The third-order valence-electron chi connectivity index (χ3n) is 1.96. The average molecular weight is 159 g/mol. The summed E-state index contributed by atoms with van der Waals surface area (Å²) in [6.45, 7) is 4.27. The standard InChI is InChI=1S/C8H17NO2/c1-5-8(2,7(10)11)6-9(3)4/h5-6H2,1-4H3,(H,10,11). The maximum Gasteiger partial charge on any atom is 0.310 e. The summed E-state index contributed by atoms with van der Waals surface area (Å²) in [6, 6.07) is 0. The zero-order valence-electron chi connectivity index (χ0n) is 7.72. The highest BCUT2D eigenvalue weighted by Gasteiger charge is 2.31. The Bertz CT molecular complexity index is 145. The average Bonchev–Trinajstić information content (AvgIpc) is 1.86. The van der Waals surface area contributed by atoms with Gasteiger partial charge in [-0.3, -0.25) is 4.79 Å². The van der Waals surface area contributed by atoms with E-state index in [0.29, 0.717) is 13.0 Å². The van der Waals surface area contributed by atoms with Gasteiger partial charge in [-0.2, -0.15) is 0 Å². The number of hydrogen-bond donors (Lipinski definition) is 1. The molecule has 0 heterocycles. The van der Waals surface area contributed by atoms with Gasteiger partial charge in [-0.25, -0.2) is 0 Å². The van der Waals surface area contributed by atoms with Gasteiger partial charge in [-0.1, -0.05) is 6.92 Å². The van der Waals surface area contributed by atoms with Gasteiger partial charge in [0.05, 0.1) is 5.41 Å². The molecule has 0 aliphatic rings. The van der Waals surface area contributed by atoms with Crippen LogP contribution in [0.4, 0.5) is 0 Å². The van der Waals surface area contributed by atoms with E-state index in [9.17, 15) is 4.79 Å². The lowest BCUT2D eigenvalue weighted by atomic mass is 9.87. The van der Waals surface area contributed by atoms with E-state index in [-0.39, 0.29) is 0 Å². The molecule has 3 heteroatoms. The second kappa shape index (κ2) is 3.72. The van der Waals surface area contributed by atoms with Crippen LogP contribution >= 0.6 is 0 Å². The number of hydrogen-bond acceptors (Lipinski definition) is 2. The predicted octanol–water partition coefficient (Wildman–Crippen LogP) is 1.05. The first-order valence-corrected chi connectivity index (χ1v) is 3.80. The van der Waals surface area contributed by atoms with Gasteiger partial charge in [0, 0.05) is 6.54 Å². The van der Waals surface area contributed by atoms with Crippen molar-refractivity contribution in [3.63, 3.8) is 0 Å². The number of carboxylic acid groups (broad SMARTS) is 1. The highest BCUT2D eigenvalue weighted by atomic mass is 16.4. The molecule has 0 aliphatic carbocycles. The second-order valence-electron chi connectivity index (χ2n) is 3.46. The molecule has 0 aromatic heterocycles. The van der Waals surface area contributed by atoms with E-state index in [0.717, 1.165) is 0 Å². The molecule has 11 heavy (non-hydrogen) atoms. The zero-order chi connectivity index (χ0) is 9.07. The van der Waals surface area contributed by atoms with Gasteiger partial charge in [-0.15, -0.1) is 0 Å². The molecular formula is C8H17NO2. The Kier molecular flexibility index (Phi) is 3.52. The second-order valence-corrected chi connectivity index (χ2v) is 3.46. The molecule has 1 N–H and O–H groups in total. The number of rotatable bonds is 4. The Balaban J connectivity index is 4.22. The first kappa shape index (κ1) is 10.4. The molecule has 0 rings (SSSR count). The van der Waals surface area contributed by atoms with Crippen molar-refractivity contribution in [2.45, 2.75) is 20.3 Å². The molecule has 1 unspecified atom stereocenters. The van der Waals surface area contributed by atoms with Gasteiger partial charge in [-0.05, 0) is 27.4 Å². The van der Waals surface area contributed by atoms with E-state index in [1.165, 1.54) is 0 Å². The molecule has 3 nitrogen and oxygen atoms in total. The molecule has 0 spiro atoms. The molecule has 66 valence electrons. The van der Waals surface area contributed by atoms with E-state index in [1.807, 2.05) is 25.9 Å². The van der Waals surface area contributed by atoms with Crippen LogP contribution in [0.5, 0.6) is 0 Å². The van der Waals surface area contributed by atoms with Crippen LogP contribution in [0.25, 0.3) is 0 Å². The number of carbonyl (C=O) groups is 1. The third-order valence-corrected chi connectivity index (χ3v) is 1.96. The summed E-state index contributed by atoms with van der Waals surface area (Å²) < 4.78 is 0. The van der Waals surface area contributed by atoms with Gasteiger partial charge in [0.25, 0.3) is 0 Å². The Morgan fingerprint density at radius 1 is 1.55 bits per heavy atom. The van der Waals surface area contributed by atoms with E-state index < -0.39 is 11.4 Å². The van der Waals surface area contributed by atoms with Gasteiger partial charge < -0.3 is 10.0 Å². The molecule has 0 aromatic rings. The first-order chi connectivity index (χ1) is 4.92. The van der Waals surface area contributed by atoms with Crippen molar-refractivity contribution in [2.75, 3.05) is 20.6 Å². The van der Waals surface area contributed by atoms with Crippen molar-refractivity contribution in [3.8, 4) is 0 Å². The highest BCUT2D eigenvalue weighted by Crippen LogP contribution is 2.21. The third kappa shape index (κ3) is 2.89. The summed E-state index contributed by atoms with van der Waals surface area (Å²) >= 11 is 0. The van der Waals surface area contributed by atoms with Gasteiger partial charge in [0.15, 0.2) is 0 Å². The van der Waals surface area contributed by atoms with Crippen molar-refractivity contribution in [1.29, 1.82) is 0 Å². The lowest BCUT2D eigenvalue weighted by molar-refractivity contribution is -0.148. The maximum absolute atomic E-state index is 10.8. The van der Waals surface area contributed by atoms with Gasteiger partial charge >= 0.3 is 5.97 Å². The van der Waals surface area contributed by atoms with Gasteiger partial charge in [0.2, 0.25) is 0 Å². The van der Waals surface area contributed by atoms with Crippen molar-refractivity contribution in [1.82, 2.24) is 4.90 Å². The normalized spacial score (nSPS) is 16.5. The molecule has 0 aromatic carbocycles. The Labute approximate surface area is 68.0 Å². The van der Waals surface area contributed by atoms with Crippen molar-refractivity contribution in [3.05, 3.63) is 0 Å². The van der Waals surface area contributed by atoms with Crippen LogP contribution in [-0.4, -0.2) is 36.6 Å². The zero-order valence-corrected chi connectivity index (χ0v) is 7.72. The molecule has 0 aliphatic heterocycles. The molecule has 0 fully saturated rings. The molecule has 0 saturated heterocycles. The number of aliphatic carboxylic acids is 1. The van der Waals surface area contributed by atoms with Crippen molar-refractivity contribution < 1.29 is 9.90 Å². The molecule has 0 amide bonds. The van der Waals surface area contributed by atoms with Crippen LogP contribution < -0.4 is 0 Å². The largest absolute Gasteiger partial charge is 0.481 e. The lowest BCUT2D eigenvalue weighted by Gasteiger charge is -2.26. The topological polar surface area (TPSA) is 40.5 Å². The summed E-state index contributed by atoms with van der Waals surface area (Å²) in [4.78, 5) is 12.7. The molecule has 0 saturated carbocycles. The van der Waals surface area contributed by atoms with E-state index in [1.54, 1.807) is 6.92 Å². The lowest BCUT2D eigenvalue weighted by Crippen LogP contribution is -2.37. The minimum atomic E-state index is -0.714. The molecule has 1 atom stereocenters. The quantitative estimate of drug-likeness (QED) is 0.666. The van der Waals surface area contributed by atoms with Crippen LogP contribution in [0, 0.1) is 5.41 Å². The summed E-state index contributed by atoms with van der Waals surface area (Å²) in [5.74, 6) is -0.714. The fraction of sp³-hybridized carbons (Fsp3) is 0.875. The molecule has 0 radical (unpaired) electrons. The fourth-order valence-electron chi connectivity index (χ4n) is 1.03. The minimum absolute atomic E-state index is 0.594. The van der Waals surface area contributed by atoms with E-state index >= 15 is 0 Å². The monoisotopic (exact) mass is 159 g/mol. The Morgan fingerprint density at radius 2 is 2.00 bits per heavy atom. The minimum Gasteiger partial charge on any atom is -0.481 e. The first-order valence-electron chi connectivity index (χ1n) is 3.80. The van der Waals surface area contributed by atoms with E-state index in [4.69, 9.17) is 5.11 Å². The van der Waals surface area contributed by atoms with E-state index in [2.05, 4.69) is 0 Å². The van der Waals surface area contributed by atoms with Crippen molar-refractivity contribution >= 4 is 5.97 Å². The smallest absolute Gasteiger partial charge is 0.310 e. The summed E-state index contributed by atoms with van der Waals surface area (Å²) in [7, 11) is 3.77. The Hall–Kier alpha value is -0.570. The van der Waals surface area contributed by atoms with Crippen LogP contribution in [0.15, 0.2) is 0 Å². The van der Waals surface area contributed by atoms with Gasteiger partial charge in [0.1, 0.15) is 0 Å². The SMILES string of the molecule is CCC(C)(CN(C)C)C(=O)O. The van der Waals surface area contributed by atoms with Crippen LogP contribution in [0.1, 0.15) is 20.3 Å². The van der Waals surface area contributed by atoms with Crippen molar-refractivity contribution in [2.24, 2.45) is 5.41 Å². The number of carboxylic acids is 1. The number of nitrogens with zero attached hydrogens (tertiary/aromatic N) is 1. The van der Waals surface area contributed by atoms with Crippen LogP contribution in [-0.2, 0) is 4.79 Å². The summed E-state index contributed by atoms with van der Waals surface area (Å²) in [6.07, 6.45) is 0.667. The Morgan fingerprint density at radius 3 is 2.09 bits per heavy atom. The molecule has 0 bridgehead atoms. The fourth-order valence-corrected chi connectivity index (χ4v) is 1.03.